The third kappa shape index (κ3) is 2.61. The molecule has 1 heterocycles. The fourth-order valence-corrected chi connectivity index (χ4v) is 0.947. The number of carbonyl (C=O) groups excluding carboxylic acids is 1. The Morgan fingerprint density at radius 2 is 2.33 bits per heavy atom. The van der Waals surface area contributed by atoms with E-state index in [0.29, 0.717) is 0 Å². The molecule has 15 heavy (non-hydrogen) atoms. The zero-order valence-electron chi connectivity index (χ0n) is 8.03. The molecular formula is C10H9NO4. The number of amides is 1. The van der Waals surface area contributed by atoms with Gasteiger partial charge in [0.2, 0.25) is 5.76 Å². The molecule has 0 bridgehead atoms. The molecule has 0 fully saturated rings. The number of nitrogens with one attached hydrogen (secondary N) is 1. The molecule has 1 aromatic heterocycles. The Morgan fingerprint density at radius 3 is 2.93 bits per heavy atom. The van der Waals surface area contributed by atoms with Crippen molar-refractivity contribution in [2.24, 2.45) is 0 Å². The first-order chi connectivity index (χ1) is 7.16. The predicted molar refractivity (Wildman–Crippen MR) is 51.5 cm³/mol. The van der Waals surface area contributed by atoms with E-state index in [9.17, 15) is 9.59 Å². The van der Waals surface area contributed by atoms with Crippen molar-refractivity contribution in [3.63, 3.8) is 0 Å². The summed E-state index contributed by atoms with van der Waals surface area (Å²) < 4.78 is 4.78. The second-order valence-electron chi connectivity index (χ2n) is 2.58. The van der Waals surface area contributed by atoms with Crippen LogP contribution in [-0.2, 0) is 0 Å². The maximum Gasteiger partial charge on any atom is 0.339 e. The number of hydrogen-bond donors (Lipinski definition) is 2. The minimum Gasteiger partial charge on any atom is -0.478 e. The van der Waals surface area contributed by atoms with Crippen molar-refractivity contribution in [1.82, 2.24) is 5.32 Å². The second-order valence-corrected chi connectivity index (χ2v) is 2.58. The van der Waals surface area contributed by atoms with E-state index in [1.54, 1.807) is 6.92 Å². The van der Waals surface area contributed by atoms with Crippen LogP contribution in [0.3, 0.4) is 0 Å². The van der Waals surface area contributed by atoms with E-state index in [1.165, 1.54) is 6.07 Å². The number of carboxylic acid groups (broad SMARTS) is 1. The third-order valence-electron chi connectivity index (χ3n) is 1.62. The second kappa shape index (κ2) is 4.86. The highest BCUT2D eigenvalue weighted by molar-refractivity contribution is 6.02. The van der Waals surface area contributed by atoms with Gasteiger partial charge in [0.1, 0.15) is 5.56 Å². The minimum absolute atomic E-state index is 0.156. The molecule has 0 atom stereocenters. The lowest BCUT2D eigenvalue weighted by Gasteiger charge is -1.98. The average molecular weight is 207 g/mol. The molecule has 0 aromatic carbocycles. The van der Waals surface area contributed by atoms with Crippen LogP contribution in [-0.4, -0.2) is 23.5 Å². The summed E-state index contributed by atoms with van der Waals surface area (Å²) in [6.07, 6.45) is 1.16. The smallest absolute Gasteiger partial charge is 0.339 e. The molecule has 5 heteroatoms. The predicted octanol–water partition coefficient (Wildman–Crippen LogP) is 0.731. The number of aromatic carboxylic acids is 1. The number of furan rings is 1. The van der Waals surface area contributed by atoms with Gasteiger partial charge in [-0.05, 0) is 13.0 Å². The maximum atomic E-state index is 11.4. The SMILES string of the molecule is CC#CCNC(=O)c1occc1C(=O)O. The monoisotopic (exact) mass is 207 g/mol. The van der Waals surface area contributed by atoms with Gasteiger partial charge in [-0.15, -0.1) is 5.92 Å². The Labute approximate surface area is 86.1 Å². The third-order valence-corrected chi connectivity index (χ3v) is 1.62. The summed E-state index contributed by atoms with van der Waals surface area (Å²) in [5.74, 6) is 3.22. The van der Waals surface area contributed by atoms with Gasteiger partial charge in [-0.25, -0.2) is 4.79 Å². The summed E-state index contributed by atoms with van der Waals surface area (Å²) in [5, 5.41) is 11.1. The Hall–Kier alpha value is -2.22. The first-order valence-corrected chi connectivity index (χ1v) is 4.15. The molecule has 0 aliphatic rings. The highest BCUT2D eigenvalue weighted by atomic mass is 16.4. The Kier molecular flexibility index (Phi) is 3.52. The molecule has 1 rings (SSSR count). The summed E-state index contributed by atoms with van der Waals surface area (Å²) in [6, 6.07) is 1.22. The molecule has 5 nitrogen and oxygen atoms in total. The van der Waals surface area contributed by atoms with E-state index < -0.39 is 11.9 Å². The average Bonchev–Trinajstić information content (AvgIpc) is 2.66. The molecule has 1 aromatic rings. The quantitative estimate of drug-likeness (QED) is 0.716. The molecule has 0 spiro atoms. The van der Waals surface area contributed by atoms with Crippen molar-refractivity contribution in [2.45, 2.75) is 6.92 Å². The molecule has 78 valence electrons. The van der Waals surface area contributed by atoms with Gasteiger partial charge in [0.25, 0.3) is 5.91 Å². The van der Waals surface area contributed by atoms with Gasteiger partial charge in [-0.3, -0.25) is 4.79 Å². The van der Waals surface area contributed by atoms with Crippen LogP contribution in [0.5, 0.6) is 0 Å². The van der Waals surface area contributed by atoms with Crippen LogP contribution in [0, 0.1) is 11.8 Å². The first-order valence-electron chi connectivity index (χ1n) is 4.15. The van der Waals surface area contributed by atoms with Crippen molar-refractivity contribution in [1.29, 1.82) is 0 Å². The van der Waals surface area contributed by atoms with E-state index in [1.807, 2.05) is 0 Å². The Balaban J connectivity index is 2.76. The first kappa shape index (κ1) is 10.9. The summed E-state index contributed by atoms with van der Waals surface area (Å²) in [6.45, 7) is 1.80. The molecule has 0 saturated heterocycles. The highest BCUT2D eigenvalue weighted by Crippen LogP contribution is 2.09. The molecule has 0 unspecified atom stereocenters. The van der Waals surface area contributed by atoms with E-state index in [0.717, 1.165) is 6.26 Å². The zero-order chi connectivity index (χ0) is 11.3. The molecule has 0 aliphatic heterocycles. The van der Waals surface area contributed by atoms with Crippen molar-refractivity contribution in [2.75, 3.05) is 6.54 Å². The number of rotatable bonds is 3. The fourth-order valence-electron chi connectivity index (χ4n) is 0.947. The van der Waals surface area contributed by atoms with Crippen LogP contribution in [0.15, 0.2) is 16.7 Å². The van der Waals surface area contributed by atoms with Gasteiger partial charge in [0.05, 0.1) is 12.8 Å². The van der Waals surface area contributed by atoms with Crippen LogP contribution >= 0.6 is 0 Å². The van der Waals surface area contributed by atoms with E-state index in [2.05, 4.69) is 17.2 Å². The van der Waals surface area contributed by atoms with E-state index >= 15 is 0 Å². The fraction of sp³-hybridized carbons (Fsp3) is 0.200. The lowest BCUT2D eigenvalue weighted by Crippen LogP contribution is -2.24. The van der Waals surface area contributed by atoms with Gasteiger partial charge >= 0.3 is 5.97 Å². The molecule has 2 N–H and O–H groups in total. The molecule has 0 radical (unpaired) electrons. The molecule has 0 saturated carbocycles. The van der Waals surface area contributed by atoms with Crippen LogP contribution in [0.4, 0.5) is 0 Å². The highest BCUT2D eigenvalue weighted by Gasteiger charge is 2.19. The van der Waals surface area contributed by atoms with Crippen LogP contribution < -0.4 is 5.32 Å². The number of hydrogen-bond acceptors (Lipinski definition) is 3. The van der Waals surface area contributed by atoms with Crippen LogP contribution in [0.25, 0.3) is 0 Å². The van der Waals surface area contributed by atoms with Gasteiger partial charge in [0, 0.05) is 0 Å². The van der Waals surface area contributed by atoms with Gasteiger partial charge in [-0.1, -0.05) is 5.92 Å². The van der Waals surface area contributed by atoms with Crippen LogP contribution in [0.1, 0.15) is 27.8 Å². The normalized spacial score (nSPS) is 8.87. The van der Waals surface area contributed by atoms with Crippen LogP contribution in [0.2, 0.25) is 0 Å². The van der Waals surface area contributed by atoms with Crippen molar-refractivity contribution in [3.05, 3.63) is 23.7 Å². The number of carbonyl (C=O) groups is 2. The largest absolute Gasteiger partial charge is 0.478 e. The molecule has 1 amide bonds. The van der Waals surface area contributed by atoms with E-state index in [-0.39, 0.29) is 17.9 Å². The Morgan fingerprint density at radius 1 is 1.60 bits per heavy atom. The molecular weight excluding hydrogens is 198 g/mol. The summed E-state index contributed by atoms with van der Waals surface area (Å²) in [4.78, 5) is 22.0. The standard InChI is InChI=1S/C10H9NO4/c1-2-3-5-11-9(12)8-7(10(13)14)4-6-15-8/h4,6H,5H2,1H3,(H,11,12)(H,13,14). The summed E-state index contributed by atoms with van der Waals surface area (Å²) in [7, 11) is 0. The number of carboxylic acids is 1. The van der Waals surface area contributed by atoms with Crippen molar-refractivity contribution >= 4 is 11.9 Å². The van der Waals surface area contributed by atoms with Gasteiger partial charge in [-0.2, -0.15) is 0 Å². The zero-order valence-corrected chi connectivity index (χ0v) is 8.03. The Bertz CT molecular complexity index is 436. The van der Waals surface area contributed by atoms with Crippen molar-refractivity contribution in [3.8, 4) is 11.8 Å². The minimum atomic E-state index is -1.20. The lowest BCUT2D eigenvalue weighted by atomic mass is 10.2. The summed E-state index contributed by atoms with van der Waals surface area (Å²) >= 11 is 0. The van der Waals surface area contributed by atoms with E-state index in [4.69, 9.17) is 9.52 Å². The maximum absolute atomic E-state index is 11.4. The lowest BCUT2D eigenvalue weighted by molar-refractivity contribution is 0.0688. The van der Waals surface area contributed by atoms with Crippen molar-refractivity contribution < 1.29 is 19.1 Å². The summed E-state index contributed by atoms with van der Waals surface area (Å²) in [5.41, 5.74) is -0.156. The molecule has 0 aliphatic carbocycles. The van der Waals surface area contributed by atoms with Gasteiger partial charge < -0.3 is 14.8 Å². The van der Waals surface area contributed by atoms with Gasteiger partial charge in [0.15, 0.2) is 0 Å². The topological polar surface area (TPSA) is 79.5 Å².